The Kier molecular flexibility index (Phi) is 3.20. The van der Waals surface area contributed by atoms with Gasteiger partial charge in [0.05, 0.1) is 0 Å². The molecule has 3 heteroatoms. The molecular formula is C15H19BrN2. The number of hydrogen-bond acceptors (Lipinski definition) is 1. The number of benzene rings is 1. The first-order chi connectivity index (χ1) is 8.70. The lowest BCUT2D eigenvalue weighted by atomic mass is 10.1. The maximum atomic E-state index is 3.67. The molecule has 0 saturated heterocycles. The van der Waals surface area contributed by atoms with E-state index in [0.29, 0.717) is 6.04 Å². The smallest absolute Gasteiger partial charge is 0.0490 e. The van der Waals surface area contributed by atoms with E-state index < -0.39 is 0 Å². The van der Waals surface area contributed by atoms with Crippen molar-refractivity contribution < 1.29 is 0 Å². The second kappa shape index (κ2) is 4.71. The number of hydrogen-bond donors (Lipinski definition) is 2. The van der Waals surface area contributed by atoms with Crippen LogP contribution in [-0.4, -0.2) is 11.5 Å². The zero-order valence-electron chi connectivity index (χ0n) is 10.9. The van der Waals surface area contributed by atoms with E-state index in [1.54, 1.807) is 0 Å². The number of aromatic amines is 1. The fraction of sp³-hybridized carbons (Fsp3) is 0.467. The van der Waals surface area contributed by atoms with Crippen molar-refractivity contribution in [2.24, 2.45) is 0 Å². The molecule has 18 heavy (non-hydrogen) atoms. The number of rotatable bonds is 3. The van der Waals surface area contributed by atoms with Crippen LogP contribution in [0.5, 0.6) is 0 Å². The maximum Gasteiger partial charge on any atom is 0.0490 e. The van der Waals surface area contributed by atoms with Crippen LogP contribution in [0, 0.1) is 6.92 Å². The average molecular weight is 307 g/mol. The van der Waals surface area contributed by atoms with E-state index in [1.807, 2.05) is 0 Å². The van der Waals surface area contributed by atoms with Gasteiger partial charge in [0.25, 0.3) is 0 Å². The van der Waals surface area contributed by atoms with Gasteiger partial charge in [-0.05, 0) is 56.0 Å². The lowest BCUT2D eigenvalue weighted by Crippen LogP contribution is -2.19. The number of H-pyrrole nitrogens is 1. The molecule has 1 aromatic heterocycles. The van der Waals surface area contributed by atoms with Crippen molar-refractivity contribution in [1.82, 2.24) is 10.3 Å². The summed E-state index contributed by atoms with van der Waals surface area (Å²) in [4.78, 5) is 3.62. The quantitative estimate of drug-likeness (QED) is 0.873. The van der Waals surface area contributed by atoms with Crippen molar-refractivity contribution >= 4 is 26.8 Å². The minimum absolute atomic E-state index is 0.530. The van der Waals surface area contributed by atoms with Gasteiger partial charge in [0.2, 0.25) is 0 Å². The van der Waals surface area contributed by atoms with E-state index in [1.165, 1.54) is 51.5 Å². The number of nitrogens with one attached hydrogen (secondary N) is 2. The Morgan fingerprint density at radius 3 is 3.06 bits per heavy atom. The molecule has 0 amide bonds. The van der Waals surface area contributed by atoms with Gasteiger partial charge in [0, 0.05) is 27.1 Å². The van der Waals surface area contributed by atoms with E-state index >= 15 is 0 Å². The Hall–Kier alpha value is -0.800. The van der Waals surface area contributed by atoms with Crippen molar-refractivity contribution in [3.05, 3.63) is 33.4 Å². The first kappa shape index (κ1) is 12.2. The zero-order chi connectivity index (χ0) is 12.7. The molecule has 3 rings (SSSR count). The summed E-state index contributed by atoms with van der Waals surface area (Å²) in [6.45, 7) is 5.50. The molecule has 2 N–H and O–H groups in total. The Balaban J connectivity index is 2.10. The lowest BCUT2D eigenvalue weighted by molar-refractivity contribution is 0.531. The van der Waals surface area contributed by atoms with Crippen LogP contribution in [0.15, 0.2) is 16.6 Å². The average Bonchev–Trinajstić information content (AvgIpc) is 2.87. The molecule has 1 unspecified atom stereocenters. The molecule has 2 aromatic rings. The number of halogens is 1. The Morgan fingerprint density at radius 1 is 1.44 bits per heavy atom. The predicted molar refractivity (Wildman–Crippen MR) is 80.1 cm³/mol. The molecular weight excluding hydrogens is 288 g/mol. The highest BCUT2D eigenvalue weighted by molar-refractivity contribution is 9.10. The Morgan fingerprint density at radius 2 is 2.28 bits per heavy atom. The van der Waals surface area contributed by atoms with E-state index in [2.05, 4.69) is 52.2 Å². The van der Waals surface area contributed by atoms with Gasteiger partial charge in [-0.15, -0.1) is 0 Å². The van der Waals surface area contributed by atoms with Gasteiger partial charge in [-0.25, -0.2) is 0 Å². The van der Waals surface area contributed by atoms with Gasteiger partial charge in [-0.3, -0.25) is 0 Å². The summed E-state index contributed by atoms with van der Waals surface area (Å²) in [6, 6.07) is 4.97. The molecule has 0 aliphatic heterocycles. The molecule has 0 saturated carbocycles. The van der Waals surface area contributed by atoms with Gasteiger partial charge in [0.15, 0.2) is 0 Å². The summed E-state index contributed by atoms with van der Waals surface area (Å²) >= 11 is 3.61. The van der Waals surface area contributed by atoms with Gasteiger partial charge >= 0.3 is 0 Å². The predicted octanol–water partition coefficient (Wildman–Crippen LogP) is 4.23. The van der Waals surface area contributed by atoms with Crippen molar-refractivity contribution in [3.8, 4) is 0 Å². The highest BCUT2D eigenvalue weighted by Crippen LogP contribution is 2.39. The van der Waals surface area contributed by atoms with Crippen molar-refractivity contribution in [3.63, 3.8) is 0 Å². The molecule has 2 nitrogen and oxygen atoms in total. The standard InChI is InChI=1S/C15H19BrN2/c1-3-6-17-12-4-5-13-14(12)11-8-10(16)7-9(2)15(11)18-13/h7-8,12,17-18H,3-6H2,1-2H3. The summed E-state index contributed by atoms with van der Waals surface area (Å²) in [5.74, 6) is 0. The minimum Gasteiger partial charge on any atom is -0.358 e. The normalized spacial score (nSPS) is 18.5. The van der Waals surface area contributed by atoms with Crippen molar-refractivity contribution in [1.29, 1.82) is 0 Å². The van der Waals surface area contributed by atoms with Crippen molar-refractivity contribution in [2.75, 3.05) is 6.54 Å². The van der Waals surface area contributed by atoms with E-state index in [4.69, 9.17) is 0 Å². The fourth-order valence-electron chi connectivity index (χ4n) is 3.05. The molecule has 1 aliphatic rings. The first-order valence-electron chi connectivity index (χ1n) is 6.74. The molecule has 0 spiro atoms. The van der Waals surface area contributed by atoms with Crippen LogP contribution in [0.4, 0.5) is 0 Å². The highest BCUT2D eigenvalue weighted by atomic mass is 79.9. The molecule has 0 fully saturated rings. The molecule has 1 atom stereocenters. The second-order valence-corrected chi connectivity index (χ2v) is 6.12. The molecule has 0 bridgehead atoms. The topological polar surface area (TPSA) is 27.8 Å². The van der Waals surface area contributed by atoms with Crippen LogP contribution < -0.4 is 5.32 Å². The summed E-state index contributed by atoms with van der Waals surface area (Å²) in [6.07, 6.45) is 3.59. The van der Waals surface area contributed by atoms with Crippen LogP contribution in [0.2, 0.25) is 0 Å². The van der Waals surface area contributed by atoms with Crippen LogP contribution in [0.1, 0.15) is 42.6 Å². The van der Waals surface area contributed by atoms with Crippen LogP contribution in [0.3, 0.4) is 0 Å². The van der Waals surface area contributed by atoms with Crippen LogP contribution in [0.25, 0.3) is 10.9 Å². The largest absolute Gasteiger partial charge is 0.358 e. The van der Waals surface area contributed by atoms with Gasteiger partial charge in [0.1, 0.15) is 0 Å². The molecule has 96 valence electrons. The maximum absolute atomic E-state index is 3.67. The van der Waals surface area contributed by atoms with Gasteiger partial charge in [-0.2, -0.15) is 0 Å². The Bertz CT molecular complexity index is 586. The number of aromatic nitrogens is 1. The SMILES string of the molecule is CCCNC1CCc2[nH]c3c(C)cc(Br)cc3c21. The summed E-state index contributed by atoms with van der Waals surface area (Å²) in [7, 11) is 0. The summed E-state index contributed by atoms with van der Waals surface area (Å²) in [5.41, 5.74) is 5.57. The fourth-order valence-corrected chi connectivity index (χ4v) is 3.63. The van der Waals surface area contributed by atoms with E-state index in [0.717, 1.165) is 6.54 Å². The van der Waals surface area contributed by atoms with E-state index in [-0.39, 0.29) is 0 Å². The first-order valence-corrected chi connectivity index (χ1v) is 7.54. The van der Waals surface area contributed by atoms with E-state index in [9.17, 15) is 0 Å². The number of aryl methyl sites for hydroxylation is 2. The Labute approximate surface area is 116 Å². The second-order valence-electron chi connectivity index (χ2n) is 5.21. The lowest BCUT2D eigenvalue weighted by Gasteiger charge is -2.13. The molecule has 1 aromatic carbocycles. The minimum atomic E-state index is 0.530. The van der Waals surface area contributed by atoms with Crippen LogP contribution in [-0.2, 0) is 6.42 Å². The monoisotopic (exact) mass is 306 g/mol. The third-order valence-corrected chi connectivity index (χ3v) is 4.32. The third-order valence-electron chi connectivity index (χ3n) is 3.86. The molecule has 1 aliphatic carbocycles. The summed E-state index contributed by atoms with van der Waals surface area (Å²) in [5, 5.41) is 5.06. The summed E-state index contributed by atoms with van der Waals surface area (Å²) < 4.78 is 1.18. The van der Waals surface area contributed by atoms with Crippen LogP contribution >= 0.6 is 15.9 Å². The van der Waals surface area contributed by atoms with Crippen molar-refractivity contribution in [2.45, 2.75) is 39.2 Å². The third kappa shape index (κ3) is 1.90. The van der Waals surface area contributed by atoms with Gasteiger partial charge in [-0.1, -0.05) is 22.9 Å². The van der Waals surface area contributed by atoms with Gasteiger partial charge < -0.3 is 10.3 Å². The molecule has 0 radical (unpaired) electrons. The molecule has 1 heterocycles. The number of fused-ring (bicyclic) bond motifs is 3. The highest BCUT2D eigenvalue weighted by Gasteiger charge is 2.26. The zero-order valence-corrected chi connectivity index (χ0v) is 12.5.